The fourth-order valence-electron chi connectivity index (χ4n) is 3.15. The van der Waals surface area contributed by atoms with Gasteiger partial charge in [-0.1, -0.05) is 6.92 Å². The highest BCUT2D eigenvalue weighted by Gasteiger charge is 2.48. The van der Waals surface area contributed by atoms with Gasteiger partial charge in [-0.05, 0) is 25.0 Å². The number of ether oxygens (including phenoxy) is 1. The number of rotatable bonds is 4. The van der Waals surface area contributed by atoms with Gasteiger partial charge in [-0.25, -0.2) is 0 Å². The van der Waals surface area contributed by atoms with E-state index in [1.807, 2.05) is 6.92 Å². The van der Waals surface area contributed by atoms with E-state index in [4.69, 9.17) is 9.15 Å². The molecule has 0 aliphatic carbocycles. The minimum absolute atomic E-state index is 0.0964. The van der Waals surface area contributed by atoms with Crippen LogP contribution in [0.25, 0.3) is 0 Å². The maximum Gasteiger partial charge on any atom is 0.115 e. The molecule has 0 spiro atoms. The van der Waals surface area contributed by atoms with Crippen LogP contribution in [-0.4, -0.2) is 50.8 Å². The number of piperazine rings is 1. The van der Waals surface area contributed by atoms with Gasteiger partial charge in [0.1, 0.15) is 11.5 Å². The maximum atomic E-state index is 5.89. The molecule has 0 saturated carbocycles. The molecule has 2 aliphatic heterocycles. The third-order valence-electron chi connectivity index (χ3n) is 4.64. The van der Waals surface area contributed by atoms with Crippen molar-refractivity contribution >= 4 is 0 Å². The van der Waals surface area contributed by atoms with Crippen molar-refractivity contribution in [2.45, 2.75) is 19.3 Å². The Hall–Kier alpha value is -0.840. The lowest BCUT2D eigenvalue weighted by molar-refractivity contribution is -0.102. The highest BCUT2D eigenvalue weighted by molar-refractivity contribution is 5.21. The van der Waals surface area contributed by atoms with Crippen molar-refractivity contribution in [2.24, 2.45) is 5.92 Å². The molecule has 4 heteroatoms. The summed E-state index contributed by atoms with van der Waals surface area (Å²) >= 11 is 0. The van der Waals surface area contributed by atoms with Crippen LogP contribution in [0, 0.1) is 12.8 Å². The highest BCUT2D eigenvalue weighted by atomic mass is 16.5. The van der Waals surface area contributed by atoms with E-state index in [1.165, 1.54) is 0 Å². The number of nitrogens with zero attached hydrogens (tertiary/aromatic N) is 1. The summed E-state index contributed by atoms with van der Waals surface area (Å²) in [5, 5.41) is 3.40. The van der Waals surface area contributed by atoms with Gasteiger partial charge >= 0.3 is 0 Å². The summed E-state index contributed by atoms with van der Waals surface area (Å²) in [6.07, 6.45) is 0. The second-order valence-electron chi connectivity index (χ2n) is 6.01. The zero-order chi connectivity index (χ0) is 13.3. The van der Waals surface area contributed by atoms with Crippen LogP contribution in [-0.2, 0) is 10.2 Å². The van der Waals surface area contributed by atoms with E-state index in [0.29, 0.717) is 5.92 Å². The Bertz CT molecular complexity index is 420. The Balaban J connectivity index is 1.70. The van der Waals surface area contributed by atoms with E-state index in [0.717, 1.165) is 57.5 Å². The van der Waals surface area contributed by atoms with E-state index >= 15 is 0 Å². The molecule has 3 rings (SSSR count). The van der Waals surface area contributed by atoms with Crippen LogP contribution < -0.4 is 5.32 Å². The maximum absolute atomic E-state index is 5.89. The molecule has 19 heavy (non-hydrogen) atoms. The van der Waals surface area contributed by atoms with Gasteiger partial charge in [-0.15, -0.1) is 0 Å². The van der Waals surface area contributed by atoms with E-state index < -0.39 is 0 Å². The van der Waals surface area contributed by atoms with Crippen LogP contribution in [0.3, 0.4) is 0 Å². The predicted molar refractivity (Wildman–Crippen MR) is 74.4 cm³/mol. The van der Waals surface area contributed by atoms with Crippen molar-refractivity contribution < 1.29 is 9.15 Å². The third kappa shape index (κ3) is 2.45. The fraction of sp³-hybridized carbons (Fsp3) is 0.733. The molecule has 0 amide bonds. The first kappa shape index (κ1) is 13.2. The molecule has 0 bridgehead atoms. The number of furan rings is 1. The highest BCUT2D eigenvalue weighted by Crippen LogP contribution is 2.40. The Labute approximate surface area is 115 Å². The Morgan fingerprint density at radius 1 is 1.32 bits per heavy atom. The molecule has 0 radical (unpaired) electrons. The molecule has 0 aromatic carbocycles. The Morgan fingerprint density at radius 3 is 2.58 bits per heavy atom. The molecule has 1 aromatic rings. The largest absolute Gasteiger partial charge is 0.466 e. The summed E-state index contributed by atoms with van der Waals surface area (Å²) in [6, 6.07) is 4.19. The van der Waals surface area contributed by atoms with Crippen molar-refractivity contribution in [3.8, 4) is 0 Å². The molecule has 1 N–H and O–H groups in total. The first-order valence-electron chi connectivity index (χ1n) is 7.28. The summed E-state index contributed by atoms with van der Waals surface area (Å²) in [5.74, 6) is 2.67. The molecular formula is C15H24N2O2. The van der Waals surface area contributed by atoms with Gasteiger partial charge in [0, 0.05) is 32.7 Å². The number of nitrogens with one attached hydrogen (secondary N) is 1. The SMILES string of the molecule is Cc1ccc(C2(C(C)CN3CCNCC3)COC2)o1. The van der Waals surface area contributed by atoms with Crippen LogP contribution in [0.1, 0.15) is 18.4 Å². The molecule has 3 heterocycles. The number of aryl methyl sites for hydroxylation is 1. The van der Waals surface area contributed by atoms with E-state index in [2.05, 4.69) is 29.3 Å². The van der Waals surface area contributed by atoms with Crippen LogP contribution in [0.15, 0.2) is 16.5 Å². The standard InChI is InChI=1S/C15H24N2O2/c1-12(9-17-7-5-16-6-8-17)15(10-18-11-15)14-4-3-13(2)19-14/h3-4,12,16H,5-11H2,1-2H3. The second kappa shape index (κ2) is 5.27. The van der Waals surface area contributed by atoms with Gasteiger partial charge in [0.15, 0.2) is 0 Å². The zero-order valence-corrected chi connectivity index (χ0v) is 11.9. The average Bonchev–Trinajstić information content (AvgIpc) is 2.76. The summed E-state index contributed by atoms with van der Waals surface area (Å²) in [7, 11) is 0. The van der Waals surface area contributed by atoms with Gasteiger partial charge in [-0.3, -0.25) is 0 Å². The first-order chi connectivity index (χ1) is 9.21. The Kier molecular flexibility index (Phi) is 3.65. The van der Waals surface area contributed by atoms with Gasteiger partial charge < -0.3 is 19.4 Å². The van der Waals surface area contributed by atoms with E-state index in [-0.39, 0.29) is 5.41 Å². The molecule has 4 nitrogen and oxygen atoms in total. The smallest absolute Gasteiger partial charge is 0.115 e. The quantitative estimate of drug-likeness (QED) is 0.892. The van der Waals surface area contributed by atoms with Gasteiger partial charge in [-0.2, -0.15) is 0 Å². The molecule has 2 aliphatic rings. The summed E-state index contributed by atoms with van der Waals surface area (Å²) in [5.41, 5.74) is 0.0964. The third-order valence-corrected chi connectivity index (χ3v) is 4.64. The van der Waals surface area contributed by atoms with Crippen molar-refractivity contribution in [3.05, 3.63) is 23.7 Å². The molecule has 106 valence electrons. The van der Waals surface area contributed by atoms with Gasteiger partial charge in [0.05, 0.1) is 18.6 Å². The summed E-state index contributed by atoms with van der Waals surface area (Å²) < 4.78 is 11.4. The van der Waals surface area contributed by atoms with Gasteiger partial charge in [0.2, 0.25) is 0 Å². The predicted octanol–water partition coefficient (Wildman–Crippen LogP) is 1.40. The van der Waals surface area contributed by atoms with E-state index in [1.54, 1.807) is 0 Å². The lowest BCUT2D eigenvalue weighted by Crippen LogP contribution is -2.55. The lowest BCUT2D eigenvalue weighted by Gasteiger charge is -2.46. The van der Waals surface area contributed by atoms with Crippen LogP contribution in [0.4, 0.5) is 0 Å². The molecule has 2 fully saturated rings. The minimum Gasteiger partial charge on any atom is -0.466 e. The summed E-state index contributed by atoms with van der Waals surface area (Å²) in [6.45, 7) is 11.6. The summed E-state index contributed by atoms with van der Waals surface area (Å²) in [4.78, 5) is 2.55. The monoisotopic (exact) mass is 264 g/mol. The molecule has 2 saturated heterocycles. The Morgan fingerprint density at radius 2 is 2.05 bits per heavy atom. The van der Waals surface area contributed by atoms with Crippen LogP contribution >= 0.6 is 0 Å². The lowest BCUT2D eigenvalue weighted by atomic mass is 9.72. The molecule has 1 aromatic heterocycles. The van der Waals surface area contributed by atoms with E-state index in [9.17, 15) is 0 Å². The minimum atomic E-state index is 0.0964. The van der Waals surface area contributed by atoms with Crippen molar-refractivity contribution in [2.75, 3.05) is 45.9 Å². The van der Waals surface area contributed by atoms with Gasteiger partial charge in [0.25, 0.3) is 0 Å². The van der Waals surface area contributed by atoms with Crippen LogP contribution in [0.5, 0.6) is 0 Å². The number of hydrogen-bond acceptors (Lipinski definition) is 4. The van der Waals surface area contributed by atoms with Crippen LogP contribution in [0.2, 0.25) is 0 Å². The van der Waals surface area contributed by atoms with Crippen molar-refractivity contribution in [3.63, 3.8) is 0 Å². The second-order valence-corrected chi connectivity index (χ2v) is 6.01. The number of hydrogen-bond donors (Lipinski definition) is 1. The fourth-order valence-corrected chi connectivity index (χ4v) is 3.15. The topological polar surface area (TPSA) is 37.6 Å². The molecular weight excluding hydrogens is 240 g/mol. The molecule has 1 atom stereocenters. The first-order valence-corrected chi connectivity index (χ1v) is 7.28. The van der Waals surface area contributed by atoms with Crippen molar-refractivity contribution in [1.29, 1.82) is 0 Å². The average molecular weight is 264 g/mol. The zero-order valence-electron chi connectivity index (χ0n) is 11.9. The molecule has 1 unspecified atom stereocenters. The van der Waals surface area contributed by atoms with Crippen molar-refractivity contribution in [1.82, 2.24) is 10.2 Å². The normalized spacial score (nSPS) is 24.9.